The van der Waals surface area contributed by atoms with Crippen molar-refractivity contribution in [3.8, 4) is 0 Å². The summed E-state index contributed by atoms with van der Waals surface area (Å²) in [5.74, 6) is -1.11. The second-order valence-electron chi connectivity index (χ2n) is 3.12. The highest BCUT2D eigenvalue weighted by Crippen LogP contribution is 2.18. The molecule has 0 amide bonds. The molecular formula is C7H9ClN2O3. The monoisotopic (exact) mass is 204 g/mol. The molecule has 0 aliphatic rings. The predicted molar refractivity (Wildman–Crippen MR) is 47.0 cm³/mol. The van der Waals surface area contributed by atoms with Gasteiger partial charge in [-0.15, -0.1) is 0 Å². The molecule has 6 heteroatoms. The fourth-order valence-corrected chi connectivity index (χ4v) is 1.31. The van der Waals surface area contributed by atoms with Crippen molar-refractivity contribution in [3.05, 3.63) is 21.8 Å². The summed E-state index contributed by atoms with van der Waals surface area (Å²) < 4.78 is 0.983. The minimum absolute atomic E-state index is 0.0809. The number of hydrogen-bond acceptors (Lipinski definition) is 2. The second kappa shape index (κ2) is 2.92. The Balaban J connectivity index is 3.37. The lowest BCUT2D eigenvalue weighted by molar-refractivity contribution is -0.145. The van der Waals surface area contributed by atoms with E-state index >= 15 is 0 Å². The lowest BCUT2D eigenvalue weighted by Gasteiger charge is -2.20. The summed E-state index contributed by atoms with van der Waals surface area (Å²) in [5, 5.41) is 8.91. The maximum absolute atomic E-state index is 11.2. The van der Waals surface area contributed by atoms with E-state index in [2.05, 4.69) is 4.98 Å². The molecule has 0 spiro atoms. The Kier molecular flexibility index (Phi) is 2.21. The van der Waals surface area contributed by atoms with Gasteiger partial charge >= 0.3 is 11.7 Å². The van der Waals surface area contributed by atoms with Crippen LogP contribution in [0.25, 0.3) is 0 Å². The molecule has 2 N–H and O–H groups in total. The number of hydrogen-bond donors (Lipinski definition) is 2. The van der Waals surface area contributed by atoms with E-state index in [4.69, 9.17) is 16.7 Å². The molecule has 0 aliphatic heterocycles. The third kappa shape index (κ3) is 1.47. The number of carboxylic acids is 1. The number of H-pyrrole nitrogens is 1. The van der Waals surface area contributed by atoms with Crippen molar-refractivity contribution in [1.82, 2.24) is 9.55 Å². The number of nitrogens with one attached hydrogen (secondary N) is 1. The molecule has 0 bridgehead atoms. The molecule has 0 radical (unpaired) electrons. The van der Waals surface area contributed by atoms with Crippen molar-refractivity contribution >= 4 is 17.6 Å². The Morgan fingerprint density at radius 2 is 2.23 bits per heavy atom. The van der Waals surface area contributed by atoms with Gasteiger partial charge in [0.1, 0.15) is 10.7 Å². The summed E-state index contributed by atoms with van der Waals surface area (Å²) in [6.45, 7) is 2.80. The number of aliphatic carboxylic acids is 1. The summed E-state index contributed by atoms with van der Waals surface area (Å²) in [6.07, 6.45) is 1.26. The average molecular weight is 205 g/mol. The number of imidazole rings is 1. The molecule has 1 heterocycles. The van der Waals surface area contributed by atoms with Crippen LogP contribution in [0.1, 0.15) is 13.8 Å². The number of halogens is 1. The van der Waals surface area contributed by atoms with E-state index in [9.17, 15) is 9.59 Å². The van der Waals surface area contributed by atoms with Crippen LogP contribution in [0.5, 0.6) is 0 Å². The van der Waals surface area contributed by atoms with E-state index in [0.717, 1.165) is 4.57 Å². The lowest BCUT2D eigenvalue weighted by atomic mass is 10.1. The topological polar surface area (TPSA) is 75.1 Å². The van der Waals surface area contributed by atoms with Gasteiger partial charge in [-0.05, 0) is 13.8 Å². The third-order valence-corrected chi connectivity index (χ3v) is 2.09. The van der Waals surface area contributed by atoms with Crippen molar-refractivity contribution < 1.29 is 9.90 Å². The smallest absolute Gasteiger partial charge is 0.329 e. The molecule has 1 rings (SSSR count). The Labute approximate surface area is 79.0 Å². The average Bonchev–Trinajstić information content (AvgIpc) is 2.30. The minimum Gasteiger partial charge on any atom is -0.480 e. The van der Waals surface area contributed by atoms with Gasteiger partial charge in [-0.1, -0.05) is 11.6 Å². The van der Waals surface area contributed by atoms with E-state index in [1.54, 1.807) is 0 Å². The molecule has 1 aromatic heterocycles. The molecule has 0 saturated carbocycles. The normalized spacial score (nSPS) is 11.6. The van der Waals surface area contributed by atoms with Crippen LogP contribution < -0.4 is 5.69 Å². The van der Waals surface area contributed by atoms with Gasteiger partial charge in [0.15, 0.2) is 0 Å². The molecule has 0 atom stereocenters. The first-order valence-electron chi connectivity index (χ1n) is 3.57. The highest BCUT2D eigenvalue weighted by Gasteiger charge is 2.32. The Morgan fingerprint density at radius 3 is 2.54 bits per heavy atom. The number of nitrogens with zero attached hydrogens (tertiary/aromatic N) is 1. The summed E-state index contributed by atoms with van der Waals surface area (Å²) in [6, 6.07) is 0. The fourth-order valence-electron chi connectivity index (χ4n) is 0.964. The van der Waals surface area contributed by atoms with Gasteiger partial charge in [-0.25, -0.2) is 9.59 Å². The quantitative estimate of drug-likeness (QED) is 0.743. The zero-order valence-corrected chi connectivity index (χ0v) is 7.92. The Morgan fingerprint density at radius 1 is 1.69 bits per heavy atom. The van der Waals surface area contributed by atoms with E-state index in [-0.39, 0.29) is 5.15 Å². The Hall–Kier alpha value is -1.23. The number of aromatic nitrogens is 2. The highest BCUT2D eigenvalue weighted by atomic mass is 35.5. The SMILES string of the molecule is CC(C)(C(=O)O)n1c(Cl)c[nH]c1=O. The first-order chi connectivity index (χ1) is 5.87. The molecule has 13 heavy (non-hydrogen) atoms. The number of aromatic amines is 1. The van der Waals surface area contributed by atoms with E-state index in [0.29, 0.717) is 0 Å². The maximum Gasteiger partial charge on any atom is 0.329 e. The van der Waals surface area contributed by atoms with Gasteiger partial charge < -0.3 is 10.1 Å². The standard InChI is InChI=1S/C7H9ClN2O3/c1-7(2,5(11)12)10-4(8)3-9-6(10)13/h3H,1-2H3,(H,9,13)(H,11,12). The predicted octanol–water partition coefficient (Wildman–Crippen LogP) is 0.649. The fraction of sp³-hybridized carbons (Fsp3) is 0.429. The van der Waals surface area contributed by atoms with Gasteiger partial charge in [0.2, 0.25) is 0 Å². The van der Waals surface area contributed by atoms with Crippen molar-refractivity contribution in [2.75, 3.05) is 0 Å². The largest absolute Gasteiger partial charge is 0.480 e. The molecule has 0 fully saturated rings. The van der Waals surface area contributed by atoms with E-state index in [1.807, 2.05) is 0 Å². The molecular weight excluding hydrogens is 196 g/mol. The minimum atomic E-state index is -1.34. The summed E-state index contributed by atoms with van der Waals surface area (Å²) in [5.41, 5.74) is -1.87. The summed E-state index contributed by atoms with van der Waals surface area (Å²) in [4.78, 5) is 24.3. The second-order valence-corrected chi connectivity index (χ2v) is 3.50. The zero-order valence-electron chi connectivity index (χ0n) is 7.17. The molecule has 0 saturated heterocycles. The zero-order chi connectivity index (χ0) is 10.2. The van der Waals surface area contributed by atoms with Gasteiger partial charge in [-0.2, -0.15) is 0 Å². The van der Waals surface area contributed by atoms with Crippen LogP contribution in [-0.4, -0.2) is 20.6 Å². The molecule has 1 aromatic rings. The van der Waals surface area contributed by atoms with Gasteiger partial charge in [-0.3, -0.25) is 4.57 Å². The van der Waals surface area contributed by atoms with Crippen molar-refractivity contribution in [2.24, 2.45) is 0 Å². The molecule has 0 aromatic carbocycles. The summed E-state index contributed by atoms with van der Waals surface area (Å²) >= 11 is 5.64. The van der Waals surface area contributed by atoms with Crippen molar-refractivity contribution in [1.29, 1.82) is 0 Å². The van der Waals surface area contributed by atoms with Gasteiger partial charge in [0, 0.05) is 6.20 Å². The third-order valence-electron chi connectivity index (χ3n) is 1.81. The molecule has 0 aliphatic carbocycles. The highest BCUT2D eigenvalue weighted by molar-refractivity contribution is 6.29. The maximum atomic E-state index is 11.2. The van der Waals surface area contributed by atoms with Crippen LogP contribution in [0, 0.1) is 0 Å². The van der Waals surface area contributed by atoms with E-state index in [1.165, 1.54) is 20.0 Å². The van der Waals surface area contributed by atoms with Crippen LogP contribution in [0.3, 0.4) is 0 Å². The molecule has 0 unspecified atom stereocenters. The van der Waals surface area contributed by atoms with Crippen LogP contribution in [0.2, 0.25) is 5.15 Å². The van der Waals surface area contributed by atoms with E-state index < -0.39 is 17.2 Å². The van der Waals surface area contributed by atoms with Crippen LogP contribution in [0.4, 0.5) is 0 Å². The van der Waals surface area contributed by atoms with Gasteiger partial charge in [0.25, 0.3) is 0 Å². The Bertz CT molecular complexity index is 391. The van der Waals surface area contributed by atoms with Gasteiger partial charge in [0.05, 0.1) is 0 Å². The van der Waals surface area contributed by atoms with Crippen LogP contribution in [0.15, 0.2) is 11.0 Å². The number of carbonyl (C=O) groups is 1. The van der Waals surface area contributed by atoms with Crippen molar-refractivity contribution in [3.63, 3.8) is 0 Å². The molecule has 72 valence electrons. The summed E-state index contributed by atoms with van der Waals surface area (Å²) in [7, 11) is 0. The number of rotatable bonds is 2. The van der Waals surface area contributed by atoms with Crippen molar-refractivity contribution in [2.45, 2.75) is 19.4 Å². The first kappa shape index (κ1) is 9.85. The first-order valence-corrected chi connectivity index (χ1v) is 3.95. The van der Waals surface area contributed by atoms with Crippen LogP contribution >= 0.6 is 11.6 Å². The van der Waals surface area contributed by atoms with Crippen LogP contribution in [-0.2, 0) is 10.3 Å². The number of carboxylic acid groups (broad SMARTS) is 1. The lowest BCUT2D eigenvalue weighted by Crippen LogP contribution is -2.41. The molecule has 5 nitrogen and oxygen atoms in total.